The van der Waals surface area contributed by atoms with Gasteiger partial charge in [-0.15, -0.1) is 11.3 Å². The number of rotatable bonds is 5. The summed E-state index contributed by atoms with van der Waals surface area (Å²) < 4.78 is 5.38. The van der Waals surface area contributed by atoms with E-state index >= 15 is 0 Å². The molecule has 0 radical (unpaired) electrons. The highest BCUT2D eigenvalue weighted by Crippen LogP contribution is 2.43. The quantitative estimate of drug-likeness (QED) is 0.272. The maximum Gasteiger partial charge on any atom is 0.247 e. The zero-order valence-corrected chi connectivity index (χ0v) is 20.9. The predicted octanol–water partition coefficient (Wildman–Crippen LogP) is 7.08. The Kier molecular flexibility index (Phi) is 5.79. The largest absolute Gasteiger partial charge is 0.504 e. The monoisotopic (exact) mass is 512 g/mol. The number of hydrogen-bond donors (Lipinski definition) is 1. The second kappa shape index (κ2) is 9.26. The van der Waals surface area contributed by atoms with Crippen molar-refractivity contribution in [3.8, 4) is 22.8 Å². The lowest BCUT2D eigenvalue weighted by Gasteiger charge is -2.24. The molecule has 2 aromatic heterocycles. The number of methoxy groups -OCH3 is 1. The Morgan fingerprint density at radius 2 is 1.86 bits per heavy atom. The van der Waals surface area contributed by atoms with Crippen LogP contribution in [0.1, 0.15) is 22.9 Å². The van der Waals surface area contributed by atoms with E-state index in [2.05, 4.69) is 0 Å². The Labute approximate surface area is 217 Å². The Bertz CT molecular complexity index is 1590. The predicted molar refractivity (Wildman–Crippen MR) is 145 cm³/mol. The zero-order valence-electron chi connectivity index (χ0n) is 19.3. The molecule has 0 saturated heterocycles. The van der Waals surface area contributed by atoms with Crippen LogP contribution in [0.2, 0.25) is 5.02 Å². The number of aromatic hydroxyl groups is 1. The standard InChI is InChI=1S/C28H21ClN4O2S/c1-35-24-10-5-9-19(27(24)34)23-16-22(25-11-6-14-36-25)32-33(23)28-30-21-13-12-18(29)15-20(21)26(31-28)17-7-3-2-4-8-17/h2-15,23,34H,16H2,1H3/t23-/m1/s1. The average Bonchev–Trinajstić information content (AvgIpc) is 3.59. The van der Waals surface area contributed by atoms with Crippen molar-refractivity contribution in [3.63, 3.8) is 0 Å². The lowest BCUT2D eigenvalue weighted by Crippen LogP contribution is -2.21. The van der Waals surface area contributed by atoms with Gasteiger partial charge in [0.25, 0.3) is 0 Å². The van der Waals surface area contributed by atoms with Crippen LogP contribution >= 0.6 is 22.9 Å². The lowest BCUT2D eigenvalue weighted by atomic mass is 10.00. The Balaban J connectivity index is 1.56. The molecular formula is C28H21ClN4O2S. The number of anilines is 1. The summed E-state index contributed by atoms with van der Waals surface area (Å²) in [4.78, 5) is 11.0. The molecule has 178 valence electrons. The minimum Gasteiger partial charge on any atom is -0.504 e. The van der Waals surface area contributed by atoms with E-state index in [1.165, 1.54) is 0 Å². The summed E-state index contributed by atoms with van der Waals surface area (Å²) in [5.41, 5.74) is 4.10. The summed E-state index contributed by atoms with van der Waals surface area (Å²) in [6.45, 7) is 0. The fourth-order valence-electron chi connectivity index (χ4n) is 4.51. The highest BCUT2D eigenvalue weighted by Gasteiger charge is 2.35. The number of para-hydroxylation sites is 1. The molecule has 0 aliphatic carbocycles. The van der Waals surface area contributed by atoms with Gasteiger partial charge in [0.1, 0.15) is 0 Å². The van der Waals surface area contributed by atoms with Gasteiger partial charge in [0.15, 0.2) is 11.5 Å². The molecule has 36 heavy (non-hydrogen) atoms. The number of phenols is 1. The third kappa shape index (κ3) is 3.96. The van der Waals surface area contributed by atoms with Crippen LogP contribution in [-0.2, 0) is 0 Å². The molecule has 0 spiro atoms. The number of thiophene rings is 1. The molecule has 1 aliphatic rings. The number of hydrogen-bond acceptors (Lipinski definition) is 7. The molecule has 0 fully saturated rings. The van der Waals surface area contributed by atoms with Crippen LogP contribution in [0, 0.1) is 0 Å². The summed E-state index contributed by atoms with van der Waals surface area (Å²) in [6, 6.07) is 24.8. The van der Waals surface area contributed by atoms with E-state index in [1.807, 2.05) is 83.2 Å². The molecule has 6 rings (SSSR count). The zero-order chi connectivity index (χ0) is 24.6. The van der Waals surface area contributed by atoms with E-state index < -0.39 is 0 Å². The first-order valence-corrected chi connectivity index (χ1v) is 12.7. The van der Waals surface area contributed by atoms with Gasteiger partial charge >= 0.3 is 0 Å². The van der Waals surface area contributed by atoms with Crippen LogP contribution in [0.5, 0.6) is 11.5 Å². The minimum absolute atomic E-state index is 0.0912. The topological polar surface area (TPSA) is 70.8 Å². The number of aromatic nitrogens is 2. The summed E-state index contributed by atoms with van der Waals surface area (Å²) in [6.07, 6.45) is 0.587. The van der Waals surface area contributed by atoms with Crippen LogP contribution in [0.25, 0.3) is 22.2 Å². The van der Waals surface area contributed by atoms with Gasteiger partial charge < -0.3 is 9.84 Å². The van der Waals surface area contributed by atoms with E-state index in [9.17, 15) is 5.11 Å². The van der Waals surface area contributed by atoms with Gasteiger partial charge in [0.2, 0.25) is 5.95 Å². The third-order valence-corrected chi connectivity index (χ3v) is 7.38. The van der Waals surface area contributed by atoms with E-state index in [4.69, 9.17) is 31.4 Å². The van der Waals surface area contributed by atoms with Crippen LogP contribution in [-0.4, -0.2) is 27.9 Å². The van der Waals surface area contributed by atoms with Gasteiger partial charge in [0.05, 0.1) is 35.0 Å². The van der Waals surface area contributed by atoms with E-state index in [0.29, 0.717) is 28.7 Å². The van der Waals surface area contributed by atoms with Gasteiger partial charge in [-0.05, 0) is 35.7 Å². The fraction of sp³-hybridized carbons (Fsp3) is 0.107. The first-order valence-electron chi connectivity index (χ1n) is 11.4. The smallest absolute Gasteiger partial charge is 0.247 e. The molecule has 3 aromatic carbocycles. The first kappa shape index (κ1) is 22.5. The second-order valence-corrected chi connectivity index (χ2v) is 9.77. The average molecular weight is 513 g/mol. The summed E-state index contributed by atoms with van der Waals surface area (Å²) in [7, 11) is 1.54. The number of halogens is 1. The van der Waals surface area contributed by atoms with Gasteiger partial charge in [-0.2, -0.15) is 5.10 Å². The third-order valence-electron chi connectivity index (χ3n) is 6.22. The normalized spacial score (nSPS) is 15.3. The number of benzene rings is 3. The first-order chi connectivity index (χ1) is 17.6. The molecule has 0 saturated carbocycles. The maximum atomic E-state index is 11.0. The molecule has 8 heteroatoms. The van der Waals surface area contributed by atoms with Gasteiger partial charge in [-0.3, -0.25) is 0 Å². The van der Waals surface area contributed by atoms with Crippen molar-refractivity contribution < 1.29 is 9.84 Å². The van der Waals surface area contributed by atoms with E-state index in [1.54, 1.807) is 24.5 Å². The van der Waals surface area contributed by atoms with Gasteiger partial charge in [-0.25, -0.2) is 15.0 Å². The Morgan fingerprint density at radius 1 is 1.00 bits per heavy atom. The number of nitrogens with zero attached hydrogens (tertiary/aromatic N) is 4. The molecule has 1 N–H and O–H groups in total. The van der Waals surface area contributed by atoms with Crippen LogP contribution in [0.3, 0.4) is 0 Å². The van der Waals surface area contributed by atoms with Gasteiger partial charge in [-0.1, -0.05) is 60.1 Å². The molecule has 5 aromatic rings. The van der Waals surface area contributed by atoms with Crippen molar-refractivity contribution >= 4 is 45.5 Å². The summed E-state index contributed by atoms with van der Waals surface area (Å²) in [5.74, 6) is 0.951. The van der Waals surface area contributed by atoms with Crippen molar-refractivity contribution in [1.29, 1.82) is 0 Å². The van der Waals surface area contributed by atoms with E-state index in [-0.39, 0.29) is 11.8 Å². The van der Waals surface area contributed by atoms with Crippen LogP contribution < -0.4 is 9.75 Å². The Morgan fingerprint density at radius 3 is 2.64 bits per heavy atom. The highest BCUT2D eigenvalue weighted by atomic mass is 35.5. The molecule has 1 aliphatic heterocycles. The number of fused-ring (bicyclic) bond motifs is 1. The molecule has 0 amide bonds. The number of phenolic OH excluding ortho intramolecular Hbond substituents is 1. The minimum atomic E-state index is -0.314. The van der Waals surface area contributed by atoms with Crippen molar-refractivity contribution in [2.45, 2.75) is 12.5 Å². The molecule has 3 heterocycles. The summed E-state index contributed by atoms with van der Waals surface area (Å²) >= 11 is 7.97. The molecule has 0 bridgehead atoms. The lowest BCUT2D eigenvalue weighted by molar-refractivity contribution is 0.368. The molecule has 0 unspecified atom stereocenters. The van der Waals surface area contributed by atoms with Crippen LogP contribution in [0.15, 0.2) is 89.3 Å². The molecule has 6 nitrogen and oxygen atoms in total. The molecular weight excluding hydrogens is 492 g/mol. The van der Waals surface area contributed by atoms with Gasteiger partial charge in [0, 0.05) is 28.0 Å². The van der Waals surface area contributed by atoms with Crippen molar-refractivity contribution in [3.05, 3.63) is 99.7 Å². The van der Waals surface area contributed by atoms with Crippen molar-refractivity contribution in [2.75, 3.05) is 12.1 Å². The van der Waals surface area contributed by atoms with Crippen LogP contribution in [0.4, 0.5) is 5.95 Å². The molecule has 1 atom stereocenters. The van der Waals surface area contributed by atoms with E-state index in [0.717, 1.165) is 32.7 Å². The highest BCUT2D eigenvalue weighted by molar-refractivity contribution is 7.12. The second-order valence-electron chi connectivity index (χ2n) is 8.39. The number of ether oxygens (including phenoxy) is 1. The maximum absolute atomic E-state index is 11.0. The Hall–Kier alpha value is -3.94. The SMILES string of the molecule is COc1cccc([C@H]2CC(c3cccs3)=NN2c2nc(-c3ccccc3)c3cc(Cl)ccc3n2)c1O. The number of hydrazone groups is 1. The van der Waals surface area contributed by atoms with Crippen molar-refractivity contribution in [2.24, 2.45) is 5.10 Å². The fourth-order valence-corrected chi connectivity index (χ4v) is 5.40. The summed E-state index contributed by atoms with van der Waals surface area (Å²) in [5, 5.41) is 21.3. The van der Waals surface area contributed by atoms with Crippen molar-refractivity contribution in [1.82, 2.24) is 9.97 Å².